The zero-order chi connectivity index (χ0) is 28.7. The Balaban J connectivity index is 1.42. The van der Waals surface area contributed by atoms with Gasteiger partial charge < -0.3 is 10.4 Å². The molecule has 3 fully saturated rings. The number of fused-ring (bicyclic) bond motifs is 4. The first-order valence-electron chi connectivity index (χ1n) is 14.3. The molecule has 0 spiro atoms. The summed E-state index contributed by atoms with van der Waals surface area (Å²) in [5.41, 5.74) is -0.803. The molecule has 0 heterocycles. The van der Waals surface area contributed by atoms with Crippen LogP contribution in [0.1, 0.15) is 86.6 Å². The Hall–Kier alpha value is -2.55. The molecule has 0 bridgehead atoms. The van der Waals surface area contributed by atoms with Crippen molar-refractivity contribution in [3.8, 4) is 0 Å². The molecule has 5 aliphatic carbocycles. The van der Waals surface area contributed by atoms with Crippen molar-refractivity contribution in [1.82, 2.24) is 5.32 Å². The molecule has 9 heteroatoms. The number of benzene rings is 1. The van der Waals surface area contributed by atoms with E-state index in [4.69, 9.17) is 0 Å². The number of amides is 1. The molecule has 2 N–H and O–H groups in total. The molecule has 0 aromatic heterocycles. The van der Waals surface area contributed by atoms with Crippen LogP contribution in [0.4, 0.5) is 22.0 Å². The number of aliphatic hydroxyl groups is 1. The first kappa shape index (κ1) is 27.6. The van der Waals surface area contributed by atoms with Crippen LogP contribution in [0.5, 0.6) is 0 Å². The lowest BCUT2D eigenvalue weighted by Crippen LogP contribution is -2.65. The van der Waals surface area contributed by atoms with Crippen LogP contribution in [0.2, 0.25) is 0 Å². The molecule has 0 saturated heterocycles. The fourth-order valence-corrected chi connectivity index (χ4v) is 8.24. The molecule has 40 heavy (non-hydrogen) atoms. The molecule has 4 nitrogen and oxygen atoms in total. The SMILES string of the molecule is C[C@]12C[C@H](c3ccc(C(=O)NCC4CC4)cc3)C3=C4CCC(=O)C=C4CCC3C1CC[C@]2(O)C(F)(F)C(F)(F)F. The number of hydrogen-bond donors (Lipinski definition) is 2. The van der Waals surface area contributed by atoms with Gasteiger partial charge in [-0.15, -0.1) is 0 Å². The number of carbonyl (C=O) groups is 2. The zero-order valence-electron chi connectivity index (χ0n) is 22.4. The Morgan fingerprint density at radius 2 is 1.73 bits per heavy atom. The second-order valence-corrected chi connectivity index (χ2v) is 12.7. The standard InChI is InChI=1S/C31H34F5NO3/c1-28-15-24(18-4-6-19(7-5-18)27(39)37-16-17-2-3-17)26-22-11-9-21(38)14-20(22)8-10-23(26)25(28)12-13-29(28,40)30(32,33)31(34,35)36/h4-7,14,17,23-25,40H,2-3,8-13,15-16H2,1H3,(H,37,39)/t23?,24-,25?,28+,29-/m1/s1. The molecule has 216 valence electrons. The minimum Gasteiger partial charge on any atom is -0.383 e. The highest BCUT2D eigenvalue weighted by Gasteiger charge is 2.79. The van der Waals surface area contributed by atoms with Crippen molar-refractivity contribution in [2.24, 2.45) is 23.2 Å². The summed E-state index contributed by atoms with van der Waals surface area (Å²) in [6.45, 7) is 2.02. The van der Waals surface area contributed by atoms with Gasteiger partial charge in [-0.1, -0.05) is 24.6 Å². The van der Waals surface area contributed by atoms with E-state index in [2.05, 4.69) is 5.32 Å². The maximum absolute atomic E-state index is 15.1. The van der Waals surface area contributed by atoms with Crippen LogP contribution in [0, 0.1) is 23.2 Å². The minimum absolute atomic E-state index is 0.0385. The fourth-order valence-electron chi connectivity index (χ4n) is 8.24. The van der Waals surface area contributed by atoms with Crippen LogP contribution in [0.15, 0.2) is 47.1 Å². The number of hydrogen-bond acceptors (Lipinski definition) is 3. The van der Waals surface area contributed by atoms with Crippen molar-refractivity contribution in [2.45, 2.75) is 88.3 Å². The van der Waals surface area contributed by atoms with E-state index in [1.807, 2.05) is 0 Å². The van der Waals surface area contributed by atoms with Crippen molar-refractivity contribution in [1.29, 1.82) is 0 Å². The van der Waals surface area contributed by atoms with Gasteiger partial charge in [0.15, 0.2) is 5.78 Å². The van der Waals surface area contributed by atoms with Gasteiger partial charge in [0.2, 0.25) is 0 Å². The normalized spacial score (nSPS) is 34.1. The maximum Gasteiger partial charge on any atom is 0.456 e. The number of carbonyl (C=O) groups excluding carboxylic acids is 2. The molecular weight excluding hydrogens is 529 g/mol. The topological polar surface area (TPSA) is 66.4 Å². The third kappa shape index (κ3) is 4.09. The number of rotatable bonds is 5. The number of halogens is 5. The highest BCUT2D eigenvalue weighted by atomic mass is 19.4. The highest BCUT2D eigenvalue weighted by Crippen LogP contribution is 2.70. The van der Waals surface area contributed by atoms with Crippen molar-refractivity contribution in [2.75, 3.05) is 6.54 Å². The van der Waals surface area contributed by atoms with Gasteiger partial charge in [0, 0.05) is 29.9 Å². The molecule has 5 atom stereocenters. The Morgan fingerprint density at radius 1 is 1.02 bits per heavy atom. The molecular formula is C31H34F5NO3. The van der Waals surface area contributed by atoms with Crippen molar-refractivity contribution in [3.63, 3.8) is 0 Å². The predicted molar refractivity (Wildman–Crippen MR) is 138 cm³/mol. The van der Waals surface area contributed by atoms with Crippen molar-refractivity contribution < 1.29 is 36.6 Å². The summed E-state index contributed by atoms with van der Waals surface area (Å²) in [6.07, 6.45) is -0.725. The summed E-state index contributed by atoms with van der Waals surface area (Å²) >= 11 is 0. The Morgan fingerprint density at radius 3 is 2.38 bits per heavy atom. The third-order valence-electron chi connectivity index (χ3n) is 10.6. The summed E-state index contributed by atoms with van der Waals surface area (Å²) in [5.74, 6) is -6.26. The van der Waals surface area contributed by atoms with Crippen molar-refractivity contribution >= 4 is 11.7 Å². The van der Waals surface area contributed by atoms with Crippen LogP contribution in [0.3, 0.4) is 0 Å². The molecule has 2 unspecified atom stereocenters. The van der Waals surface area contributed by atoms with Crippen molar-refractivity contribution in [3.05, 3.63) is 58.2 Å². The van der Waals surface area contributed by atoms with E-state index >= 15 is 8.78 Å². The van der Waals surface area contributed by atoms with E-state index in [9.17, 15) is 27.9 Å². The van der Waals surface area contributed by atoms with Gasteiger partial charge in [-0.3, -0.25) is 9.59 Å². The molecule has 0 aliphatic heterocycles. The second-order valence-electron chi connectivity index (χ2n) is 12.7. The number of nitrogens with one attached hydrogen (secondary N) is 1. The van der Waals surface area contributed by atoms with Gasteiger partial charge in [0.25, 0.3) is 5.91 Å². The minimum atomic E-state index is -5.88. The average molecular weight is 564 g/mol. The van der Waals surface area contributed by atoms with Gasteiger partial charge in [-0.25, -0.2) is 0 Å². The summed E-state index contributed by atoms with van der Waals surface area (Å²) in [4.78, 5) is 24.8. The molecule has 5 aliphatic rings. The van der Waals surface area contributed by atoms with Gasteiger partial charge in [0.1, 0.15) is 5.60 Å². The third-order valence-corrected chi connectivity index (χ3v) is 10.6. The monoisotopic (exact) mass is 563 g/mol. The van der Waals surface area contributed by atoms with Crippen LogP contribution in [0.25, 0.3) is 0 Å². The van der Waals surface area contributed by atoms with Crippen LogP contribution in [-0.2, 0) is 4.79 Å². The van der Waals surface area contributed by atoms with E-state index in [1.54, 1.807) is 30.3 Å². The smallest absolute Gasteiger partial charge is 0.383 e. The van der Waals surface area contributed by atoms with Gasteiger partial charge in [-0.2, -0.15) is 22.0 Å². The van der Waals surface area contributed by atoms with E-state index in [-0.39, 0.29) is 30.4 Å². The predicted octanol–water partition coefficient (Wildman–Crippen LogP) is 6.65. The number of alkyl halides is 5. The lowest BCUT2D eigenvalue weighted by molar-refractivity contribution is -0.362. The molecule has 6 rings (SSSR count). The van der Waals surface area contributed by atoms with Crippen LogP contribution >= 0.6 is 0 Å². The van der Waals surface area contributed by atoms with Crippen LogP contribution in [-0.4, -0.2) is 41.0 Å². The zero-order valence-corrected chi connectivity index (χ0v) is 22.4. The van der Waals surface area contributed by atoms with Gasteiger partial charge in [-0.05, 0) is 104 Å². The second kappa shape index (κ2) is 9.23. The summed E-state index contributed by atoms with van der Waals surface area (Å²) < 4.78 is 71.3. The summed E-state index contributed by atoms with van der Waals surface area (Å²) in [7, 11) is 0. The molecule has 1 amide bonds. The fraction of sp³-hybridized carbons (Fsp3) is 0.613. The van der Waals surface area contributed by atoms with Gasteiger partial charge in [0.05, 0.1) is 0 Å². The summed E-state index contributed by atoms with van der Waals surface area (Å²) in [6, 6.07) is 6.85. The molecule has 3 saturated carbocycles. The Kier molecular flexibility index (Phi) is 6.37. The first-order chi connectivity index (χ1) is 18.8. The Bertz CT molecular complexity index is 1290. The van der Waals surface area contributed by atoms with E-state index in [0.29, 0.717) is 49.3 Å². The molecule has 1 aromatic carbocycles. The Labute approximate surface area is 230 Å². The van der Waals surface area contributed by atoms with E-state index in [0.717, 1.165) is 29.6 Å². The number of ketones is 1. The largest absolute Gasteiger partial charge is 0.456 e. The average Bonchev–Trinajstić information content (AvgIpc) is 3.69. The quantitative estimate of drug-likeness (QED) is 0.394. The number of allylic oxidation sites excluding steroid dienone is 4. The molecule has 0 radical (unpaired) electrons. The molecule has 1 aromatic rings. The lowest BCUT2D eigenvalue weighted by Gasteiger charge is -2.56. The summed E-state index contributed by atoms with van der Waals surface area (Å²) in [5, 5.41) is 14.3. The van der Waals surface area contributed by atoms with Crippen LogP contribution < -0.4 is 5.32 Å². The highest BCUT2D eigenvalue weighted by molar-refractivity contribution is 5.94. The lowest BCUT2D eigenvalue weighted by atomic mass is 9.50. The maximum atomic E-state index is 15.1. The van der Waals surface area contributed by atoms with E-state index in [1.165, 1.54) is 6.92 Å². The van der Waals surface area contributed by atoms with Gasteiger partial charge >= 0.3 is 12.1 Å². The van der Waals surface area contributed by atoms with E-state index < -0.39 is 41.4 Å². The first-order valence-corrected chi connectivity index (χ1v) is 14.3.